The molecule has 2 aliphatic rings. The molecule has 2 aliphatic heterocycles. The van der Waals surface area contributed by atoms with E-state index in [0.717, 1.165) is 32.1 Å². The highest BCUT2D eigenvalue weighted by molar-refractivity contribution is 5.80. The van der Waals surface area contributed by atoms with E-state index >= 15 is 0 Å². The van der Waals surface area contributed by atoms with Gasteiger partial charge in [0, 0.05) is 45.8 Å². The smallest absolute Gasteiger partial charge is 0.409 e. The van der Waals surface area contributed by atoms with Gasteiger partial charge >= 0.3 is 6.09 Å². The van der Waals surface area contributed by atoms with Gasteiger partial charge in [0.15, 0.2) is 5.96 Å². The minimum Gasteiger partial charge on any atom is -0.450 e. The van der Waals surface area contributed by atoms with E-state index in [-0.39, 0.29) is 6.09 Å². The number of amides is 1. The number of carbonyl (C=O) groups excluding carboxylic acids is 1. The van der Waals surface area contributed by atoms with Gasteiger partial charge in [-0.25, -0.2) is 4.79 Å². The van der Waals surface area contributed by atoms with Crippen LogP contribution in [-0.2, 0) is 4.74 Å². The van der Waals surface area contributed by atoms with E-state index in [0.29, 0.717) is 25.6 Å². The summed E-state index contributed by atoms with van der Waals surface area (Å²) in [5, 5.41) is 3.41. The summed E-state index contributed by atoms with van der Waals surface area (Å²) in [5.41, 5.74) is 0. The molecule has 2 fully saturated rings. The van der Waals surface area contributed by atoms with Crippen LogP contribution in [0.5, 0.6) is 0 Å². The topological polar surface area (TPSA) is 60.4 Å². The Kier molecular flexibility index (Phi) is 8.31. The number of nitrogens with zero attached hydrogens (tertiary/aromatic N) is 4. The number of piperazine rings is 1. The van der Waals surface area contributed by atoms with Crippen LogP contribution >= 0.6 is 0 Å². The molecule has 0 aliphatic carbocycles. The maximum absolute atomic E-state index is 11.8. The van der Waals surface area contributed by atoms with E-state index in [2.05, 4.69) is 29.0 Å². The van der Waals surface area contributed by atoms with Crippen molar-refractivity contribution < 1.29 is 9.53 Å². The number of aliphatic imine (C=N–C) groups is 1. The van der Waals surface area contributed by atoms with Crippen molar-refractivity contribution in [1.29, 1.82) is 0 Å². The lowest BCUT2D eigenvalue weighted by atomic mass is 10.1. The number of nitrogens with one attached hydrogen (secondary N) is 1. The molecular weight excluding hydrogens is 318 g/mol. The summed E-state index contributed by atoms with van der Waals surface area (Å²) in [6, 6.07) is 0. The largest absolute Gasteiger partial charge is 0.450 e. The van der Waals surface area contributed by atoms with Crippen molar-refractivity contribution in [3.63, 3.8) is 0 Å². The number of ether oxygens (including phenoxy) is 1. The molecule has 2 rings (SSSR count). The summed E-state index contributed by atoms with van der Waals surface area (Å²) in [7, 11) is 0. The number of carbonyl (C=O) groups is 1. The Morgan fingerprint density at radius 2 is 1.84 bits per heavy atom. The van der Waals surface area contributed by atoms with Crippen molar-refractivity contribution in [2.75, 3.05) is 65.5 Å². The van der Waals surface area contributed by atoms with Gasteiger partial charge in [0.25, 0.3) is 0 Å². The number of likely N-dealkylation sites (tertiary alicyclic amines) is 1. The van der Waals surface area contributed by atoms with Gasteiger partial charge in [-0.2, -0.15) is 0 Å². The van der Waals surface area contributed by atoms with E-state index < -0.39 is 0 Å². The van der Waals surface area contributed by atoms with Crippen molar-refractivity contribution in [1.82, 2.24) is 20.0 Å². The quantitative estimate of drug-likeness (QED) is 0.579. The zero-order valence-corrected chi connectivity index (χ0v) is 16.2. The monoisotopic (exact) mass is 353 g/mol. The van der Waals surface area contributed by atoms with Gasteiger partial charge in [-0.05, 0) is 45.7 Å². The van der Waals surface area contributed by atoms with E-state index in [4.69, 9.17) is 9.73 Å². The highest BCUT2D eigenvalue weighted by Crippen LogP contribution is 2.16. The Labute approximate surface area is 152 Å². The molecule has 0 aromatic carbocycles. The minimum absolute atomic E-state index is 0.203. The molecule has 1 atom stereocenters. The summed E-state index contributed by atoms with van der Waals surface area (Å²) >= 11 is 0. The molecule has 25 heavy (non-hydrogen) atoms. The highest BCUT2D eigenvalue weighted by atomic mass is 16.6. The fourth-order valence-electron chi connectivity index (χ4n) is 3.54. The molecule has 7 nitrogen and oxygen atoms in total. The second-order valence-electron chi connectivity index (χ2n) is 6.82. The van der Waals surface area contributed by atoms with Gasteiger partial charge < -0.3 is 24.8 Å². The predicted octanol–water partition coefficient (Wildman–Crippen LogP) is 1.46. The second kappa shape index (κ2) is 10.5. The van der Waals surface area contributed by atoms with Gasteiger partial charge in [-0.1, -0.05) is 6.92 Å². The van der Waals surface area contributed by atoms with Crippen molar-refractivity contribution >= 4 is 12.1 Å². The Morgan fingerprint density at radius 3 is 2.48 bits per heavy atom. The van der Waals surface area contributed by atoms with Crippen molar-refractivity contribution in [2.24, 2.45) is 10.9 Å². The second-order valence-corrected chi connectivity index (χ2v) is 6.82. The summed E-state index contributed by atoms with van der Waals surface area (Å²) in [6.07, 6.45) is 2.27. The van der Waals surface area contributed by atoms with Crippen LogP contribution in [0, 0.1) is 5.92 Å². The predicted molar refractivity (Wildman–Crippen MR) is 101 cm³/mol. The number of hydrogen-bond acceptors (Lipinski definition) is 4. The van der Waals surface area contributed by atoms with Crippen LogP contribution in [0.1, 0.15) is 33.6 Å². The van der Waals surface area contributed by atoms with E-state index in [1.165, 1.54) is 32.5 Å². The van der Waals surface area contributed by atoms with Crippen molar-refractivity contribution in [2.45, 2.75) is 33.6 Å². The van der Waals surface area contributed by atoms with Crippen LogP contribution in [0.25, 0.3) is 0 Å². The number of hydrogen-bond donors (Lipinski definition) is 1. The molecule has 2 heterocycles. The van der Waals surface area contributed by atoms with Gasteiger partial charge in [0.1, 0.15) is 0 Å². The van der Waals surface area contributed by atoms with Gasteiger partial charge in [-0.15, -0.1) is 0 Å². The normalized spacial score (nSPS) is 22.4. The first-order valence-electron chi connectivity index (χ1n) is 9.85. The molecule has 1 amide bonds. The maximum Gasteiger partial charge on any atom is 0.409 e. The van der Waals surface area contributed by atoms with E-state index in [9.17, 15) is 4.79 Å². The van der Waals surface area contributed by atoms with Crippen molar-refractivity contribution in [3.05, 3.63) is 0 Å². The molecule has 144 valence electrons. The van der Waals surface area contributed by atoms with Crippen LogP contribution in [0.4, 0.5) is 4.79 Å². The fourth-order valence-corrected chi connectivity index (χ4v) is 3.54. The van der Waals surface area contributed by atoms with Gasteiger partial charge in [0.2, 0.25) is 0 Å². The van der Waals surface area contributed by atoms with Crippen LogP contribution in [-0.4, -0.2) is 92.3 Å². The van der Waals surface area contributed by atoms with Gasteiger partial charge in [0.05, 0.1) is 6.61 Å². The lowest BCUT2D eigenvalue weighted by Gasteiger charge is -2.36. The number of rotatable bonds is 6. The zero-order chi connectivity index (χ0) is 18.1. The summed E-state index contributed by atoms with van der Waals surface area (Å²) < 4.78 is 5.09. The first kappa shape index (κ1) is 19.8. The molecule has 0 spiro atoms. The third-order valence-corrected chi connectivity index (χ3v) is 4.85. The highest BCUT2D eigenvalue weighted by Gasteiger charge is 2.25. The lowest BCUT2D eigenvalue weighted by molar-refractivity contribution is 0.0914. The molecule has 1 N–H and O–H groups in total. The molecule has 0 bridgehead atoms. The molecule has 0 aromatic rings. The average Bonchev–Trinajstić information content (AvgIpc) is 3.07. The van der Waals surface area contributed by atoms with E-state index in [1.807, 2.05) is 6.92 Å². The van der Waals surface area contributed by atoms with Crippen molar-refractivity contribution in [3.8, 4) is 0 Å². The third kappa shape index (κ3) is 6.06. The Bertz CT molecular complexity index is 435. The van der Waals surface area contributed by atoms with Crippen LogP contribution < -0.4 is 5.32 Å². The van der Waals surface area contributed by atoms with E-state index in [1.54, 1.807) is 4.90 Å². The molecule has 1 unspecified atom stereocenters. The summed E-state index contributed by atoms with van der Waals surface area (Å²) in [6.45, 7) is 14.9. The molecule has 2 saturated heterocycles. The van der Waals surface area contributed by atoms with Crippen LogP contribution in [0.3, 0.4) is 0 Å². The maximum atomic E-state index is 11.8. The Morgan fingerprint density at radius 1 is 1.12 bits per heavy atom. The summed E-state index contributed by atoms with van der Waals surface area (Å²) in [4.78, 5) is 23.3. The zero-order valence-electron chi connectivity index (χ0n) is 16.2. The molecule has 7 heteroatoms. The first-order chi connectivity index (χ1) is 12.2. The third-order valence-electron chi connectivity index (χ3n) is 4.85. The first-order valence-corrected chi connectivity index (χ1v) is 9.85. The number of guanidine groups is 1. The average molecular weight is 354 g/mol. The molecule has 0 aromatic heterocycles. The Balaban J connectivity index is 1.83. The SMILES string of the molecule is CCCN1CCC(CN=C(NCC)N2CCN(C(=O)OCC)CC2)C1. The minimum atomic E-state index is -0.203. The lowest BCUT2D eigenvalue weighted by Crippen LogP contribution is -2.54. The van der Waals surface area contributed by atoms with Crippen LogP contribution in [0.15, 0.2) is 4.99 Å². The fraction of sp³-hybridized carbons (Fsp3) is 0.889. The molecule has 0 radical (unpaired) electrons. The standard InChI is InChI=1S/C18H35N5O2/c1-4-8-21-9-7-16(15-21)14-20-17(19-5-2)22-10-12-23(13-11-22)18(24)25-6-3/h16H,4-15H2,1-3H3,(H,19,20). The van der Waals surface area contributed by atoms with Crippen LogP contribution in [0.2, 0.25) is 0 Å². The molecule has 0 saturated carbocycles. The summed E-state index contributed by atoms with van der Waals surface area (Å²) in [5.74, 6) is 1.65. The molecular formula is C18H35N5O2. The Hall–Kier alpha value is -1.50. The van der Waals surface area contributed by atoms with Gasteiger partial charge in [-0.3, -0.25) is 4.99 Å².